The lowest BCUT2D eigenvalue weighted by Crippen LogP contribution is -2.35. The number of nitrogens with zero attached hydrogens (tertiary/aromatic N) is 3. The van der Waals surface area contributed by atoms with Gasteiger partial charge < -0.3 is 10.0 Å². The van der Waals surface area contributed by atoms with Gasteiger partial charge in [0.05, 0.1) is 0 Å². The number of aromatic nitrogens is 2. The summed E-state index contributed by atoms with van der Waals surface area (Å²) in [6.07, 6.45) is -2.17. The Hall–Kier alpha value is -1.38. The molecule has 1 saturated heterocycles. The first-order valence-corrected chi connectivity index (χ1v) is 7.01. The first kappa shape index (κ1) is 15.0. The topological polar surface area (TPSA) is 66.3 Å². The quantitative estimate of drug-likeness (QED) is 0.926. The van der Waals surface area contributed by atoms with Crippen LogP contribution in [0.15, 0.2) is 0 Å². The number of hydrogen-bond acceptors (Lipinski definition) is 5. The second-order valence-electron chi connectivity index (χ2n) is 4.79. The van der Waals surface area contributed by atoms with Gasteiger partial charge in [-0.05, 0) is 25.2 Å². The molecule has 1 unspecified atom stereocenters. The molecule has 0 saturated carbocycles. The fourth-order valence-electron chi connectivity index (χ4n) is 2.26. The van der Waals surface area contributed by atoms with Gasteiger partial charge in [-0.15, -0.1) is 0 Å². The zero-order valence-electron chi connectivity index (χ0n) is 10.6. The molecule has 2 heterocycles. The standard InChI is InChI=1S/C11H14F3N3O2S/c12-11(13,14)9-15-10(20-16-9)17-5-1-2-7(6-17)3-4-8(18)19/h7H,1-6H2,(H,18,19). The summed E-state index contributed by atoms with van der Waals surface area (Å²) in [5.74, 6) is -1.78. The van der Waals surface area contributed by atoms with Crippen molar-refractivity contribution in [1.29, 1.82) is 0 Å². The predicted molar refractivity (Wildman–Crippen MR) is 66.7 cm³/mol. The van der Waals surface area contributed by atoms with Crippen LogP contribution in [-0.2, 0) is 11.0 Å². The van der Waals surface area contributed by atoms with E-state index < -0.39 is 18.0 Å². The Bertz CT molecular complexity index is 478. The van der Waals surface area contributed by atoms with Crippen molar-refractivity contribution in [2.75, 3.05) is 18.0 Å². The van der Waals surface area contributed by atoms with E-state index in [2.05, 4.69) is 9.36 Å². The van der Waals surface area contributed by atoms with Gasteiger partial charge in [-0.3, -0.25) is 4.79 Å². The molecule has 1 N–H and O–H groups in total. The zero-order valence-corrected chi connectivity index (χ0v) is 11.4. The SMILES string of the molecule is O=C(O)CCC1CCCN(c2nc(C(F)(F)F)ns2)C1. The highest BCUT2D eigenvalue weighted by molar-refractivity contribution is 7.09. The smallest absolute Gasteiger partial charge is 0.452 e. The fourth-order valence-corrected chi connectivity index (χ4v) is 2.98. The maximum absolute atomic E-state index is 12.5. The van der Waals surface area contributed by atoms with E-state index in [0.717, 1.165) is 24.4 Å². The number of halogens is 3. The van der Waals surface area contributed by atoms with Crippen molar-refractivity contribution < 1.29 is 23.1 Å². The molecule has 2 rings (SSSR count). The van der Waals surface area contributed by atoms with Crippen LogP contribution in [-0.4, -0.2) is 33.5 Å². The third-order valence-corrected chi connectivity index (χ3v) is 4.00. The lowest BCUT2D eigenvalue weighted by atomic mass is 9.94. The van der Waals surface area contributed by atoms with Crippen molar-refractivity contribution in [2.45, 2.75) is 31.9 Å². The zero-order chi connectivity index (χ0) is 14.8. The Morgan fingerprint density at radius 1 is 1.50 bits per heavy atom. The van der Waals surface area contributed by atoms with Gasteiger partial charge in [0.25, 0.3) is 0 Å². The minimum Gasteiger partial charge on any atom is -0.481 e. The lowest BCUT2D eigenvalue weighted by Gasteiger charge is -2.32. The Labute approximate surface area is 117 Å². The normalized spacial score (nSPS) is 20.1. The van der Waals surface area contributed by atoms with E-state index in [1.807, 2.05) is 0 Å². The second kappa shape index (κ2) is 5.94. The maximum Gasteiger partial charge on any atom is 0.452 e. The minimum absolute atomic E-state index is 0.0857. The molecule has 1 atom stereocenters. The number of hydrogen-bond donors (Lipinski definition) is 1. The number of carboxylic acids is 1. The summed E-state index contributed by atoms with van der Waals surface area (Å²) < 4.78 is 40.7. The summed E-state index contributed by atoms with van der Waals surface area (Å²) in [5, 5.41) is 8.92. The molecule has 9 heteroatoms. The predicted octanol–water partition coefficient (Wildman–Crippen LogP) is 2.64. The minimum atomic E-state index is -4.52. The number of anilines is 1. The number of rotatable bonds is 4. The van der Waals surface area contributed by atoms with Crippen LogP contribution in [0.3, 0.4) is 0 Å². The molecular weight excluding hydrogens is 295 g/mol. The molecule has 0 bridgehead atoms. The molecule has 1 aliphatic heterocycles. The molecule has 112 valence electrons. The van der Waals surface area contributed by atoms with E-state index in [4.69, 9.17) is 5.11 Å². The monoisotopic (exact) mass is 309 g/mol. The van der Waals surface area contributed by atoms with E-state index in [-0.39, 0.29) is 17.5 Å². The van der Waals surface area contributed by atoms with E-state index in [1.54, 1.807) is 4.90 Å². The molecule has 1 aromatic heterocycles. The molecule has 5 nitrogen and oxygen atoms in total. The van der Waals surface area contributed by atoms with Crippen LogP contribution in [0.1, 0.15) is 31.5 Å². The van der Waals surface area contributed by atoms with Crippen molar-refractivity contribution in [3.8, 4) is 0 Å². The largest absolute Gasteiger partial charge is 0.481 e. The molecule has 20 heavy (non-hydrogen) atoms. The number of piperidine rings is 1. The van der Waals surface area contributed by atoms with Gasteiger partial charge in [-0.2, -0.15) is 22.5 Å². The lowest BCUT2D eigenvalue weighted by molar-refractivity contribution is -0.144. The molecule has 0 radical (unpaired) electrons. The third kappa shape index (κ3) is 3.81. The molecule has 0 aliphatic carbocycles. The average Bonchev–Trinajstić information content (AvgIpc) is 2.86. The van der Waals surface area contributed by atoms with Gasteiger partial charge in [0.2, 0.25) is 11.0 Å². The highest BCUT2D eigenvalue weighted by Gasteiger charge is 2.37. The molecule has 0 aromatic carbocycles. The van der Waals surface area contributed by atoms with Gasteiger partial charge in [0.1, 0.15) is 0 Å². The van der Waals surface area contributed by atoms with Crippen molar-refractivity contribution >= 4 is 22.6 Å². The molecule has 1 fully saturated rings. The van der Waals surface area contributed by atoms with Gasteiger partial charge >= 0.3 is 12.1 Å². The Morgan fingerprint density at radius 3 is 2.85 bits per heavy atom. The van der Waals surface area contributed by atoms with Crippen LogP contribution in [0.5, 0.6) is 0 Å². The van der Waals surface area contributed by atoms with Crippen molar-refractivity contribution in [3.05, 3.63) is 5.82 Å². The van der Waals surface area contributed by atoms with Crippen LogP contribution in [0.2, 0.25) is 0 Å². The van der Waals surface area contributed by atoms with Crippen molar-refractivity contribution in [3.63, 3.8) is 0 Å². The molecule has 0 spiro atoms. The van der Waals surface area contributed by atoms with Crippen molar-refractivity contribution in [1.82, 2.24) is 9.36 Å². The molecule has 0 amide bonds. The van der Waals surface area contributed by atoms with E-state index in [1.165, 1.54) is 0 Å². The highest BCUT2D eigenvalue weighted by Crippen LogP contribution is 2.32. The van der Waals surface area contributed by atoms with Crippen molar-refractivity contribution in [2.24, 2.45) is 5.92 Å². The summed E-state index contributed by atoms with van der Waals surface area (Å²) in [5.41, 5.74) is 0. The summed E-state index contributed by atoms with van der Waals surface area (Å²) in [4.78, 5) is 15.8. The van der Waals surface area contributed by atoms with Gasteiger partial charge in [0.15, 0.2) is 0 Å². The fraction of sp³-hybridized carbons (Fsp3) is 0.727. The maximum atomic E-state index is 12.5. The van der Waals surface area contributed by atoms with Crippen LogP contribution in [0, 0.1) is 5.92 Å². The Balaban J connectivity index is 1.98. The number of aliphatic carboxylic acids is 1. The number of carbonyl (C=O) groups is 1. The number of carboxylic acid groups (broad SMARTS) is 1. The van der Waals surface area contributed by atoms with Gasteiger partial charge in [-0.25, -0.2) is 0 Å². The van der Waals surface area contributed by atoms with Crippen LogP contribution < -0.4 is 4.90 Å². The Morgan fingerprint density at radius 2 is 2.25 bits per heavy atom. The summed E-state index contributed by atoms with van der Waals surface area (Å²) in [6, 6.07) is 0. The first-order valence-electron chi connectivity index (χ1n) is 6.24. The van der Waals surface area contributed by atoms with E-state index in [9.17, 15) is 18.0 Å². The van der Waals surface area contributed by atoms with E-state index in [0.29, 0.717) is 19.5 Å². The molecule has 1 aliphatic rings. The van der Waals surface area contributed by atoms with Gasteiger partial charge in [-0.1, -0.05) is 0 Å². The molecule has 1 aromatic rings. The second-order valence-corrected chi connectivity index (χ2v) is 5.52. The summed E-state index contributed by atoms with van der Waals surface area (Å²) >= 11 is 0.738. The third-order valence-electron chi connectivity index (χ3n) is 3.22. The number of alkyl halides is 3. The average molecular weight is 309 g/mol. The summed E-state index contributed by atoms with van der Waals surface area (Å²) in [7, 11) is 0. The highest BCUT2D eigenvalue weighted by atomic mass is 32.1. The Kier molecular flexibility index (Phi) is 4.46. The molecular formula is C11H14F3N3O2S. The van der Waals surface area contributed by atoms with Crippen LogP contribution in [0.25, 0.3) is 0 Å². The first-order chi connectivity index (χ1) is 9.36. The van der Waals surface area contributed by atoms with Crippen LogP contribution in [0.4, 0.5) is 18.3 Å². The summed E-state index contributed by atoms with van der Waals surface area (Å²) in [6.45, 7) is 1.18. The van der Waals surface area contributed by atoms with Crippen LogP contribution >= 0.6 is 11.5 Å². The van der Waals surface area contributed by atoms with E-state index >= 15 is 0 Å². The van der Waals surface area contributed by atoms with Gasteiger partial charge in [0, 0.05) is 31.0 Å².